The van der Waals surface area contributed by atoms with Crippen LogP contribution in [0.15, 0.2) is 0 Å². The summed E-state index contributed by atoms with van der Waals surface area (Å²) in [5.41, 5.74) is 3.37. The van der Waals surface area contributed by atoms with Crippen LogP contribution in [-0.4, -0.2) is 35.9 Å². The maximum absolute atomic E-state index is 8.62. The van der Waals surface area contributed by atoms with Crippen LogP contribution in [0.4, 0.5) is 0 Å². The van der Waals surface area contributed by atoms with E-state index in [2.05, 4.69) is 31.2 Å². The highest BCUT2D eigenvalue weighted by atomic mass is 16.2. The van der Waals surface area contributed by atoms with Crippen molar-refractivity contribution >= 4 is 0 Å². The van der Waals surface area contributed by atoms with E-state index in [0.717, 1.165) is 25.9 Å². The van der Waals surface area contributed by atoms with E-state index >= 15 is 0 Å². The molecule has 0 aromatic heterocycles. The molecule has 0 bridgehead atoms. The molecule has 3 nitrogen and oxygen atoms in total. The molecule has 0 radical (unpaired) electrons. The lowest BCUT2D eigenvalue weighted by atomic mass is 10.2. The molecule has 0 aromatic rings. The molecule has 0 heterocycles. The minimum absolute atomic E-state index is 0.296. The fourth-order valence-electron chi connectivity index (χ4n) is 1.18. The summed E-state index contributed by atoms with van der Waals surface area (Å²) in [5.74, 6) is 0. The Balaban J connectivity index is 3.44. The second-order valence-electron chi connectivity index (χ2n) is 3.07. The maximum atomic E-state index is 8.62. The maximum Gasteiger partial charge on any atom is 0.0431 e. The molecule has 74 valence electrons. The molecule has 0 fully saturated rings. The average molecular weight is 174 g/mol. The lowest BCUT2D eigenvalue weighted by Gasteiger charge is -2.24. The molecule has 0 aromatic carbocycles. The fourth-order valence-corrected chi connectivity index (χ4v) is 1.18. The van der Waals surface area contributed by atoms with Gasteiger partial charge in [0, 0.05) is 25.7 Å². The fraction of sp³-hybridized carbons (Fsp3) is 1.00. The summed E-state index contributed by atoms with van der Waals surface area (Å²) >= 11 is 0. The molecular formula is C9H22N2O. The van der Waals surface area contributed by atoms with E-state index in [1.165, 1.54) is 0 Å². The molecule has 0 saturated heterocycles. The van der Waals surface area contributed by atoms with Crippen LogP contribution >= 0.6 is 0 Å². The normalized spacial score (nSPS) is 13.8. The number of nitrogens with zero attached hydrogens (tertiary/aromatic N) is 1. The van der Waals surface area contributed by atoms with E-state index in [9.17, 15) is 0 Å². The minimum atomic E-state index is 0.296. The highest BCUT2D eigenvalue weighted by Crippen LogP contribution is 1.96. The van der Waals surface area contributed by atoms with Crippen molar-refractivity contribution < 1.29 is 5.11 Å². The van der Waals surface area contributed by atoms with Crippen molar-refractivity contribution in [2.75, 3.05) is 19.7 Å². The standard InChI is InChI=1S/C9H22N2O/c1-4-11(5-2)10-9(3)7-6-8-12/h9-10,12H,4-8H2,1-3H3. The van der Waals surface area contributed by atoms with Gasteiger partial charge in [-0.25, -0.2) is 5.01 Å². The number of hydrazine groups is 1. The third kappa shape index (κ3) is 5.52. The van der Waals surface area contributed by atoms with Gasteiger partial charge in [0.1, 0.15) is 0 Å². The molecule has 3 heteroatoms. The highest BCUT2D eigenvalue weighted by molar-refractivity contribution is 4.58. The van der Waals surface area contributed by atoms with Gasteiger partial charge in [-0.2, -0.15) is 0 Å². The Labute approximate surface area is 75.7 Å². The van der Waals surface area contributed by atoms with Crippen LogP contribution in [0.2, 0.25) is 0 Å². The number of aliphatic hydroxyl groups is 1. The Kier molecular flexibility index (Phi) is 7.45. The van der Waals surface area contributed by atoms with Gasteiger partial charge in [0.25, 0.3) is 0 Å². The first-order chi connectivity index (χ1) is 5.74. The molecule has 12 heavy (non-hydrogen) atoms. The van der Waals surface area contributed by atoms with Crippen LogP contribution in [0.3, 0.4) is 0 Å². The van der Waals surface area contributed by atoms with Crippen LogP contribution < -0.4 is 5.43 Å². The van der Waals surface area contributed by atoms with E-state index in [1.807, 2.05) is 0 Å². The summed E-state index contributed by atoms with van der Waals surface area (Å²) in [4.78, 5) is 0. The quantitative estimate of drug-likeness (QED) is 0.565. The summed E-state index contributed by atoms with van der Waals surface area (Å²) in [6, 6.07) is 0.469. The van der Waals surface area contributed by atoms with Crippen molar-refractivity contribution in [3.63, 3.8) is 0 Å². The minimum Gasteiger partial charge on any atom is -0.396 e. The van der Waals surface area contributed by atoms with Crippen molar-refractivity contribution in [3.8, 4) is 0 Å². The van der Waals surface area contributed by atoms with Crippen molar-refractivity contribution in [3.05, 3.63) is 0 Å². The van der Waals surface area contributed by atoms with Crippen molar-refractivity contribution in [2.24, 2.45) is 0 Å². The van der Waals surface area contributed by atoms with Crippen LogP contribution in [0, 0.1) is 0 Å². The number of nitrogens with one attached hydrogen (secondary N) is 1. The van der Waals surface area contributed by atoms with Crippen LogP contribution in [0.5, 0.6) is 0 Å². The van der Waals surface area contributed by atoms with Crippen LogP contribution in [0.25, 0.3) is 0 Å². The molecule has 0 saturated carbocycles. The topological polar surface area (TPSA) is 35.5 Å². The Morgan fingerprint density at radius 2 is 1.92 bits per heavy atom. The molecule has 2 N–H and O–H groups in total. The molecule has 1 atom stereocenters. The zero-order valence-electron chi connectivity index (χ0n) is 8.51. The Morgan fingerprint density at radius 1 is 1.33 bits per heavy atom. The second kappa shape index (κ2) is 7.53. The zero-order valence-corrected chi connectivity index (χ0v) is 8.51. The van der Waals surface area contributed by atoms with E-state index in [1.54, 1.807) is 0 Å². The molecule has 0 aliphatic rings. The molecule has 0 aliphatic carbocycles. The van der Waals surface area contributed by atoms with Crippen molar-refractivity contribution in [1.29, 1.82) is 0 Å². The predicted molar refractivity (Wildman–Crippen MR) is 51.8 cm³/mol. The van der Waals surface area contributed by atoms with E-state index in [4.69, 9.17) is 5.11 Å². The lowest BCUT2D eigenvalue weighted by molar-refractivity contribution is 0.169. The van der Waals surface area contributed by atoms with Gasteiger partial charge in [-0.05, 0) is 19.8 Å². The average Bonchev–Trinajstić information content (AvgIpc) is 2.10. The summed E-state index contributed by atoms with van der Waals surface area (Å²) in [6.07, 6.45) is 1.92. The number of hydrogen-bond donors (Lipinski definition) is 2. The van der Waals surface area contributed by atoms with Gasteiger partial charge in [0.2, 0.25) is 0 Å². The van der Waals surface area contributed by atoms with E-state index in [0.29, 0.717) is 12.6 Å². The summed E-state index contributed by atoms with van der Waals surface area (Å²) in [7, 11) is 0. The molecule has 1 unspecified atom stereocenters. The van der Waals surface area contributed by atoms with Gasteiger partial charge >= 0.3 is 0 Å². The van der Waals surface area contributed by atoms with Gasteiger partial charge < -0.3 is 5.11 Å². The van der Waals surface area contributed by atoms with Gasteiger partial charge in [-0.3, -0.25) is 5.43 Å². The first kappa shape index (κ1) is 11.9. The van der Waals surface area contributed by atoms with E-state index in [-0.39, 0.29) is 0 Å². The first-order valence-corrected chi connectivity index (χ1v) is 4.86. The Bertz CT molecular complexity index is 94.5. The highest BCUT2D eigenvalue weighted by Gasteiger charge is 2.04. The van der Waals surface area contributed by atoms with Gasteiger partial charge in [0.05, 0.1) is 0 Å². The Morgan fingerprint density at radius 3 is 2.33 bits per heavy atom. The second-order valence-corrected chi connectivity index (χ2v) is 3.07. The SMILES string of the molecule is CCN(CC)NC(C)CCCO. The van der Waals surface area contributed by atoms with Crippen LogP contribution in [-0.2, 0) is 0 Å². The van der Waals surface area contributed by atoms with Crippen LogP contribution in [0.1, 0.15) is 33.6 Å². The molecule has 0 spiro atoms. The third-order valence-corrected chi connectivity index (χ3v) is 1.96. The van der Waals surface area contributed by atoms with E-state index < -0.39 is 0 Å². The van der Waals surface area contributed by atoms with Gasteiger partial charge in [-0.1, -0.05) is 13.8 Å². The third-order valence-electron chi connectivity index (χ3n) is 1.96. The first-order valence-electron chi connectivity index (χ1n) is 4.86. The predicted octanol–water partition coefficient (Wildman–Crippen LogP) is 0.994. The summed E-state index contributed by atoms with van der Waals surface area (Å²) < 4.78 is 0. The molecule has 0 rings (SSSR count). The summed E-state index contributed by atoms with van der Waals surface area (Å²) in [6.45, 7) is 8.77. The smallest absolute Gasteiger partial charge is 0.0431 e. The number of hydrogen-bond acceptors (Lipinski definition) is 3. The van der Waals surface area contributed by atoms with Crippen molar-refractivity contribution in [2.45, 2.75) is 39.7 Å². The zero-order chi connectivity index (χ0) is 9.40. The number of aliphatic hydroxyl groups excluding tert-OH is 1. The summed E-state index contributed by atoms with van der Waals surface area (Å²) in [5, 5.41) is 10.8. The van der Waals surface area contributed by atoms with Gasteiger partial charge in [0.15, 0.2) is 0 Å². The van der Waals surface area contributed by atoms with Gasteiger partial charge in [-0.15, -0.1) is 0 Å². The molecular weight excluding hydrogens is 152 g/mol. The number of rotatable bonds is 7. The molecule has 0 amide bonds. The monoisotopic (exact) mass is 174 g/mol. The van der Waals surface area contributed by atoms with Crippen molar-refractivity contribution in [1.82, 2.24) is 10.4 Å². The largest absolute Gasteiger partial charge is 0.396 e. The lowest BCUT2D eigenvalue weighted by Crippen LogP contribution is -2.43. The molecule has 0 aliphatic heterocycles. The Hall–Kier alpha value is -0.120.